The minimum absolute atomic E-state index is 0.426. The topological polar surface area (TPSA) is 38.3 Å². The van der Waals surface area contributed by atoms with E-state index in [4.69, 9.17) is 16.3 Å². The van der Waals surface area contributed by atoms with Crippen molar-refractivity contribution in [1.29, 1.82) is 0 Å². The molecule has 1 rings (SSSR count). The van der Waals surface area contributed by atoms with Gasteiger partial charge in [0.05, 0.1) is 6.61 Å². The van der Waals surface area contributed by atoms with Crippen molar-refractivity contribution in [2.45, 2.75) is 39.2 Å². The molecule has 0 unspecified atom stereocenters. The standard InChI is InChI=1S/C14H20ClNO2/c1-2-3-4-5-9-18-13-8-6-7-12(10-13)11-16-14(15)17/h6-8,10H,2-5,9,11H2,1H3,(H,16,17). The number of unbranched alkanes of at least 4 members (excludes halogenated alkanes) is 3. The van der Waals surface area contributed by atoms with Crippen LogP contribution in [0.2, 0.25) is 0 Å². The highest BCUT2D eigenvalue weighted by Gasteiger charge is 1.99. The first kappa shape index (κ1) is 14.8. The Hall–Kier alpha value is -1.22. The van der Waals surface area contributed by atoms with Gasteiger partial charge in [-0.15, -0.1) is 0 Å². The number of rotatable bonds is 8. The van der Waals surface area contributed by atoms with E-state index in [9.17, 15) is 4.79 Å². The van der Waals surface area contributed by atoms with Crippen molar-refractivity contribution in [3.8, 4) is 5.75 Å². The van der Waals surface area contributed by atoms with E-state index in [1.54, 1.807) is 0 Å². The van der Waals surface area contributed by atoms with Crippen molar-refractivity contribution < 1.29 is 9.53 Å². The molecule has 0 aliphatic rings. The average Bonchev–Trinajstić information content (AvgIpc) is 2.37. The van der Waals surface area contributed by atoms with Crippen LogP contribution in [-0.4, -0.2) is 12.0 Å². The summed E-state index contributed by atoms with van der Waals surface area (Å²) in [5.41, 5.74) is 0.982. The molecular formula is C14H20ClNO2. The van der Waals surface area contributed by atoms with E-state index in [0.29, 0.717) is 6.54 Å². The van der Waals surface area contributed by atoms with Crippen LogP contribution in [-0.2, 0) is 6.54 Å². The zero-order valence-electron chi connectivity index (χ0n) is 10.7. The summed E-state index contributed by atoms with van der Waals surface area (Å²) < 4.78 is 5.65. The van der Waals surface area contributed by atoms with Gasteiger partial charge in [0.1, 0.15) is 5.75 Å². The zero-order valence-corrected chi connectivity index (χ0v) is 11.5. The molecule has 1 aromatic rings. The summed E-state index contributed by atoms with van der Waals surface area (Å²) in [4.78, 5) is 10.6. The Labute approximate surface area is 113 Å². The predicted octanol–water partition coefficient (Wildman–Crippen LogP) is 4.09. The summed E-state index contributed by atoms with van der Waals surface area (Å²) in [6, 6.07) is 7.69. The minimum Gasteiger partial charge on any atom is -0.494 e. The maximum Gasteiger partial charge on any atom is 0.314 e. The number of amides is 1. The van der Waals surface area contributed by atoms with Crippen molar-refractivity contribution in [1.82, 2.24) is 5.32 Å². The van der Waals surface area contributed by atoms with Gasteiger partial charge in [0, 0.05) is 6.54 Å². The summed E-state index contributed by atoms with van der Waals surface area (Å²) in [7, 11) is 0. The Balaban J connectivity index is 2.32. The molecule has 0 heterocycles. The molecule has 0 aliphatic heterocycles. The first-order valence-electron chi connectivity index (χ1n) is 6.37. The molecule has 100 valence electrons. The summed E-state index contributed by atoms with van der Waals surface area (Å²) in [5, 5.41) is 2.00. The minimum atomic E-state index is -0.541. The number of nitrogens with one attached hydrogen (secondary N) is 1. The van der Waals surface area contributed by atoms with E-state index in [0.717, 1.165) is 24.3 Å². The predicted molar refractivity (Wildman–Crippen MR) is 74.2 cm³/mol. The van der Waals surface area contributed by atoms with Crippen molar-refractivity contribution in [2.75, 3.05) is 6.61 Å². The van der Waals surface area contributed by atoms with Crippen LogP contribution in [0.3, 0.4) is 0 Å². The highest BCUT2D eigenvalue weighted by Crippen LogP contribution is 2.14. The fraction of sp³-hybridized carbons (Fsp3) is 0.500. The fourth-order valence-electron chi connectivity index (χ4n) is 1.64. The Bertz CT molecular complexity index is 369. The first-order chi connectivity index (χ1) is 8.72. The molecule has 0 aliphatic carbocycles. The molecule has 1 N–H and O–H groups in total. The van der Waals surface area contributed by atoms with Gasteiger partial charge in [-0.1, -0.05) is 38.3 Å². The molecule has 1 amide bonds. The number of hydrogen-bond acceptors (Lipinski definition) is 2. The Morgan fingerprint density at radius 3 is 2.89 bits per heavy atom. The largest absolute Gasteiger partial charge is 0.494 e. The Morgan fingerprint density at radius 2 is 2.17 bits per heavy atom. The summed E-state index contributed by atoms with van der Waals surface area (Å²) >= 11 is 5.22. The third-order valence-electron chi connectivity index (χ3n) is 2.60. The van der Waals surface area contributed by atoms with Crippen molar-refractivity contribution in [2.24, 2.45) is 0 Å². The molecule has 4 heteroatoms. The van der Waals surface area contributed by atoms with Crippen LogP contribution in [0.1, 0.15) is 38.2 Å². The molecule has 0 spiro atoms. The zero-order chi connectivity index (χ0) is 13.2. The maximum absolute atomic E-state index is 10.6. The highest BCUT2D eigenvalue weighted by molar-refractivity contribution is 6.62. The van der Waals surface area contributed by atoms with Gasteiger partial charge in [-0.2, -0.15) is 0 Å². The molecule has 0 saturated carbocycles. The smallest absolute Gasteiger partial charge is 0.314 e. The Kier molecular flexibility index (Phi) is 7.26. The quantitative estimate of drug-likeness (QED) is 0.438. The summed E-state index contributed by atoms with van der Waals surface area (Å²) in [6.07, 6.45) is 4.77. The van der Waals surface area contributed by atoms with Crippen LogP contribution in [0.15, 0.2) is 24.3 Å². The van der Waals surface area contributed by atoms with Crippen molar-refractivity contribution in [3.63, 3.8) is 0 Å². The highest BCUT2D eigenvalue weighted by atomic mass is 35.5. The lowest BCUT2D eigenvalue weighted by molar-refractivity contribution is 0.259. The van der Waals surface area contributed by atoms with Crippen LogP contribution in [0.5, 0.6) is 5.75 Å². The third kappa shape index (κ3) is 6.50. The van der Waals surface area contributed by atoms with Gasteiger partial charge in [0.25, 0.3) is 0 Å². The van der Waals surface area contributed by atoms with Gasteiger partial charge in [-0.05, 0) is 35.7 Å². The van der Waals surface area contributed by atoms with E-state index < -0.39 is 5.37 Å². The maximum atomic E-state index is 10.6. The van der Waals surface area contributed by atoms with Gasteiger partial charge in [-0.3, -0.25) is 4.79 Å². The van der Waals surface area contributed by atoms with Gasteiger partial charge in [0.2, 0.25) is 0 Å². The second-order valence-corrected chi connectivity index (χ2v) is 4.53. The summed E-state index contributed by atoms with van der Waals surface area (Å²) in [5.74, 6) is 0.841. The van der Waals surface area contributed by atoms with Crippen LogP contribution >= 0.6 is 11.6 Å². The number of benzene rings is 1. The van der Waals surface area contributed by atoms with E-state index in [2.05, 4.69) is 12.2 Å². The van der Waals surface area contributed by atoms with E-state index in [1.807, 2.05) is 24.3 Å². The average molecular weight is 270 g/mol. The number of carbonyl (C=O) groups is 1. The van der Waals surface area contributed by atoms with Crippen LogP contribution in [0.4, 0.5) is 4.79 Å². The van der Waals surface area contributed by atoms with Gasteiger partial charge >= 0.3 is 5.37 Å². The molecule has 0 fully saturated rings. The molecule has 3 nitrogen and oxygen atoms in total. The lowest BCUT2D eigenvalue weighted by atomic mass is 10.2. The molecule has 0 aromatic heterocycles. The molecule has 0 saturated heterocycles. The fourth-order valence-corrected chi connectivity index (χ4v) is 1.70. The Morgan fingerprint density at radius 1 is 1.33 bits per heavy atom. The van der Waals surface area contributed by atoms with Gasteiger partial charge in [-0.25, -0.2) is 0 Å². The van der Waals surface area contributed by atoms with Crippen LogP contribution < -0.4 is 10.1 Å². The van der Waals surface area contributed by atoms with Crippen LogP contribution in [0, 0.1) is 0 Å². The number of carbonyl (C=O) groups excluding carboxylic acids is 1. The van der Waals surface area contributed by atoms with Gasteiger partial charge < -0.3 is 10.1 Å². The normalized spacial score (nSPS) is 10.1. The second-order valence-electron chi connectivity index (χ2n) is 4.18. The lowest BCUT2D eigenvalue weighted by Crippen LogP contribution is -2.15. The van der Waals surface area contributed by atoms with Crippen molar-refractivity contribution >= 4 is 17.0 Å². The first-order valence-corrected chi connectivity index (χ1v) is 6.75. The lowest BCUT2D eigenvalue weighted by Gasteiger charge is -2.08. The third-order valence-corrected chi connectivity index (χ3v) is 2.73. The molecule has 0 radical (unpaired) electrons. The van der Waals surface area contributed by atoms with Gasteiger partial charge in [0.15, 0.2) is 0 Å². The number of ether oxygens (including phenoxy) is 1. The van der Waals surface area contributed by atoms with Crippen molar-refractivity contribution in [3.05, 3.63) is 29.8 Å². The molecule has 0 atom stereocenters. The molecule has 0 bridgehead atoms. The van der Waals surface area contributed by atoms with E-state index in [-0.39, 0.29) is 0 Å². The van der Waals surface area contributed by atoms with E-state index >= 15 is 0 Å². The molecule has 18 heavy (non-hydrogen) atoms. The van der Waals surface area contributed by atoms with E-state index in [1.165, 1.54) is 19.3 Å². The number of hydrogen-bond donors (Lipinski definition) is 1. The SMILES string of the molecule is CCCCCCOc1cccc(CNC(=O)Cl)c1. The van der Waals surface area contributed by atoms with Crippen LogP contribution in [0.25, 0.3) is 0 Å². The monoisotopic (exact) mass is 269 g/mol. The molecule has 1 aromatic carbocycles. The number of halogens is 1. The second kappa shape index (κ2) is 8.81. The summed E-state index contributed by atoms with van der Waals surface area (Å²) in [6.45, 7) is 3.36. The molecular weight excluding hydrogens is 250 g/mol.